The number of fused-ring (bicyclic) bond motifs is 9. The Hall–Kier alpha value is -3.32. The Morgan fingerprint density at radius 3 is 2.55 bits per heavy atom. The molecule has 3 fully saturated rings. The number of nitrogens with one attached hydrogen (secondary N) is 2. The van der Waals surface area contributed by atoms with Gasteiger partial charge in [0.1, 0.15) is 11.8 Å². The van der Waals surface area contributed by atoms with Gasteiger partial charge in [0, 0.05) is 27.3 Å². The number of nitrogens with zero attached hydrogens (tertiary/aromatic N) is 1. The standard InChI is InChI=1S/C30H25Cl2N3O7S2/c1-11(29(39)40)35-27(37)22-14-9-15(23(22)28(35)38)24-21(14)20(25-26(43-24)34-30(41)44-25)13-4-2-3-5-18(13)42-10-19(36)33-12-6-7-16(31)17(32)8-12/h2-8,11,14-15,20-24H,9-10H2,1H3,(H,33,36)(H,34,41)(H,39,40)/t11?,14?,15?,20-,21?,22?,23?,24?/m1/s1. The number of rotatable bonds is 7. The van der Waals surface area contributed by atoms with E-state index in [-0.39, 0.29) is 40.4 Å². The van der Waals surface area contributed by atoms with Crippen molar-refractivity contribution >= 4 is 75.7 Å². The van der Waals surface area contributed by atoms with Crippen LogP contribution in [0.15, 0.2) is 52.3 Å². The second-order valence-corrected chi connectivity index (χ2v) is 14.5. The number of carboxylic acid groups (broad SMARTS) is 1. The summed E-state index contributed by atoms with van der Waals surface area (Å²) in [6, 6.07) is 10.8. The van der Waals surface area contributed by atoms with E-state index in [1.165, 1.54) is 18.7 Å². The maximum atomic E-state index is 13.6. The lowest BCUT2D eigenvalue weighted by molar-refractivity contribution is -0.154. The van der Waals surface area contributed by atoms with Crippen LogP contribution in [-0.2, 0) is 19.2 Å². The summed E-state index contributed by atoms with van der Waals surface area (Å²) in [7, 11) is 0. The molecule has 228 valence electrons. The molecule has 2 saturated carbocycles. The summed E-state index contributed by atoms with van der Waals surface area (Å²) in [4.78, 5) is 68.8. The molecule has 0 spiro atoms. The third-order valence-electron chi connectivity index (χ3n) is 9.32. The molecule has 2 bridgehead atoms. The zero-order chi connectivity index (χ0) is 31.0. The van der Waals surface area contributed by atoms with Crippen molar-refractivity contribution in [2.24, 2.45) is 29.6 Å². The van der Waals surface area contributed by atoms with E-state index < -0.39 is 41.6 Å². The lowest BCUT2D eigenvalue weighted by Gasteiger charge is -2.43. The van der Waals surface area contributed by atoms with Gasteiger partial charge in [-0.3, -0.25) is 24.1 Å². The average molecular weight is 675 g/mol. The van der Waals surface area contributed by atoms with Gasteiger partial charge in [-0.1, -0.05) is 52.7 Å². The Morgan fingerprint density at radius 1 is 1.09 bits per heavy atom. The van der Waals surface area contributed by atoms with Gasteiger partial charge in [-0.2, -0.15) is 0 Å². The number of benzene rings is 2. The fourth-order valence-corrected chi connectivity index (χ4v) is 10.8. The molecule has 4 aliphatic rings. The molecule has 14 heteroatoms. The van der Waals surface area contributed by atoms with Gasteiger partial charge >= 0.3 is 10.8 Å². The largest absolute Gasteiger partial charge is 0.483 e. The maximum absolute atomic E-state index is 13.6. The number of carbonyl (C=O) groups excluding carboxylic acids is 3. The third kappa shape index (κ3) is 4.57. The lowest BCUT2D eigenvalue weighted by atomic mass is 9.68. The zero-order valence-corrected chi connectivity index (χ0v) is 26.1. The number of thioether (sulfide) groups is 1. The first-order valence-electron chi connectivity index (χ1n) is 14.0. The number of imide groups is 1. The van der Waals surface area contributed by atoms with Crippen molar-refractivity contribution in [3.63, 3.8) is 0 Å². The van der Waals surface area contributed by atoms with E-state index in [1.807, 2.05) is 12.1 Å². The van der Waals surface area contributed by atoms with Crippen LogP contribution in [0.4, 0.5) is 5.69 Å². The van der Waals surface area contributed by atoms with E-state index in [2.05, 4.69) is 10.3 Å². The minimum absolute atomic E-state index is 0.0770. The molecule has 7 rings (SSSR count). The van der Waals surface area contributed by atoms with Gasteiger partial charge in [-0.25, -0.2) is 4.79 Å². The van der Waals surface area contributed by atoms with Gasteiger partial charge in [-0.05, 0) is 55.4 Å². The van der Waals surface area contributed by atoms with Gasteiger partial charge in [0.15, 0.2) is 6.61 Å². The van der Waals surface area contributed by atoms with Crippen LogP contribution in [0, 0.1) is 29.6 Å². The molecule has 0 radical (unpaired) electrons. The monoisotopic (exact) mass is 673 g/mol. The number of aromatic nitrogens is 1. The Kier molecular flexibility index (Phi) is 7.31. The van der Waals surface area contributed by atoms with Crippen LogP contribution in [0.5, 0.6) is 5.75 Å². The van der Waals surface area contributed by atoms with Crippen LogP contribution < -0.4 is 14.9 Å². The number of carbonyl (C=O) groups is 4. The van der Waals surface area contributed by atoms with Gasteiger partial charge in [0.25, 0.3) is 5.91 Å². The number of amides is 3. The first kappa shape index (κ1) is 29.4. The third-order valence-corrected chi connectivity index (χ3v) is 12.6. The summed E-state index contributed by atoms with van der Waals surface area (Å²) in [5.74, 6) is -3.98. The summed E-state index contributed by atoms with van der Waals surface area (Å²) in [6.45, 7) is 1.06. The number of H-pyrrole nitrogens is 1. The lowest BCUT2D eigenvalue weighted by Crippen LogP contribution is -2.44. The van der Waals surface area contributed by atoms with Gasteiger partial charge in [0.05, 0.1) is 26.9 Å². The van der Waals surface area contributed by atoms with Crippen molar-refractivity contribution in [1.82, 2.24) is 9.88 Å². The molecule has 2 aliphatic carbocycles. The highest BCUT2D eigenvalue weighted by molar-refractivity contribution is 8.00. The summed E-state index contributed by atoms with van der Waals surface area (Å²) < 4.78 is 6.07. The molecule has 3 amide bonds. The van der Waals surface area contributed by atoms with Crippen molar-refractivity contribution in [2.45, 2.75) is 35.6 Å². The topological polar surface area (TPSA) is 146 Å². The van der Waals surface area contributed by atoms with Gasteiger partial charge < -0.3 is 20.1 Å². The highest BCUT2D eigenvalue weighted by Gasteiger charge is 2.70. The molecule has 1 aromatic heterocycles. The first-order valence-corrected chi connectivity index (χ1v) is 16.5. The normalized spacial score (nSPS) is 28.8. The Morgan fingerprint density at radius 2 is 1.82 bits per heavy atom. The maximum Gasteiger partial charge on any atom is 0.326 e. The predicted octanol–water partition coefficient (Wildman–Crippen LogP) is 4.71. The van der Waals surface area contributed by atoms with Crippen LogP contribution in [0.3, 0.4) is 0 Å². The number of halogens is 2. The Labute approximate surface area is 269 Å². The Bertz CT molecular complexity index is 1790. The van der Waals surface area contributed by atoms with E-state index in [9.17, 15) is 29.1 Å². The van der Waals surface area contributed by atoms with Crippen LogP contribution >= 0.6 is 46.3 Å². The van der Waals surface area contributed by atoms with Gasteiger partial charge in [0.2, 0.25) is 11.8 Å². The fraction of sp³-hybridized carbons (Fsp3) is 0.367. The molecular weight excluding hydrogens is 649 g/mol. The number of aliphatic carboxylic acids is 1. The van der Waals surface area contributed by atoms with Crippen molar-refractivity contribution in [3.8, 4) is 5.75 Å². The second kappa shape index (κ2) is 10.9. The molecule has 2 aromatic carbocycles. The number of ether oxygens (including phenoxy) is 1. The molecule has 2 aliphatic heterocycles. The number of para-hydroxylation sites is 1. The summed E-state index contributed by atoms with van der Waals surface area (Å²) in [6.07, 6.45) is 0.662. The second-order valence-electron chi connectivity index (χ2n) is 11.5. The molecule has 3 aromatic rings. The molecular formula is C30H25Cl2N3O7S2. The number of anilines is 1. The van der Waals surface area contributed by atoms with Crippen molar-refractivity contribution in [2.75, 3.05) is 11.9 Å². The zero-order valence-electron chi connectivity index (χ0n) is 23.0. The average Bonchev–Trinajstić information content (AvgIpc) is 3.72. The van der Waals surface area contributed by atoms with Crippen LogP contribution in [-0.4, -0.2) is 56.6 Å². The highest BCUT2D eigenvalue weighted by atomic mass is 35.5. The van der Waals surface area contributed by atoms with E-state index in [0.717, 1.165) is 31.7 Å². The quantitative estimate of drug-likeness (QED) is 0.306. The van der Waals surface area contributed by atoms with E-state index in [1.54, 1.807) is 30.3 Å². The number of aromatic amines is 1. The fourth-order valence-electron chi connectivity index (χ4n) is 7.66. The molecule has 3 N–H and O–H groups in total. The number of hydrogen-bond donors (Lipinski definition) is 3. The van der Waals surface area contributed by atoms with E-state index in [0.29, 0.717) is 27.9 Å². The molecule has 3 heterocycles. The van der Waals surface area contributed by atoms with Crippen molar-refractivity contribution < 1.29 is 29.0 Å². The molecule has 44 heavy (non-hydrogen) atoms. The Balaban J connectivity index is 1.21. The minimum Gasteiger partial charge on any atom is -0.483 e. The number of carboxylic acids is 1. The smallest absolute Gasteiger partial charge is 0.326 e. The SMILES string of the molecule is CC(C(=O)O)N1C(=O)C2C3CC(C2C1=O)C1C3Sc2[nH]c(=O)sc2[C@@H]1c1ccccc1OCC(=O)Nc1ccc(Cl)c(Cl)c1. The summed E-state index contributed by atoms with van der Waals surface area (Å²) in [5, 5.41) is 13.7. The first-order chi connectivity index (χ1) is 21.0. The minimum atomic E-state index is -1.24. The number of likely N-dealkylation sites (tertiary alicyclic amines) is 1. The van der Waals surface area contributed by atoms with E-state index in [4.69, 9.17) is 27.9 Å². The number of thiazole rings is 1. The summed E-state index contributed by atoms with van der Waals surface area (Å²) in [5.41, 5.74) is 1.24. The van der Waals surface area contributed by atoms with Crippen LogP contribution in [0.2, 0.25) is 10.0 Å². The van der Waals surface area contributed by atoms with Gasteiger partial charge in [-0.15, -0.1) is 11.8 Å². The van der Waals surface area contributed by atoms with Crippen LogP contribution in [0.1, 0.15) is 29.7 Å². The van der Waals surface area contributed by atoms with E-state index >= 15 is 0 Å². The molecule has 7 unspecified atom stereocenters. The van der Waals surface area contributed by atoms with Crippen LogP contribution in [0.25, 0.3) is 0 Å². The molecule has 10 nitrogen and oxygen atoms in total. The molecule has 1 saturated heterocycles. The predicted molar refractivity (Wildman–Crippen MR) is 164 cm³/mol. The number of hydrogen-bond acceptors (Lipinski definition) is 8. The van der Waals surface area contributed by atoms with Crippen molar-refractivity contribution in [3.05, 3.63) is 72.6 Å². The van der Waals surface area contributed by atoms with Crippen molar-refractivity contribution in [1.29, 1.82) is 0 Å². The highest BCUT2D eigenvalue weighted by Crippen LogP contribution is 2.69. The summed E-state index contributed by atoms with van der Waals surface area (Å²) >= 11 is 14.7. The molecule has 8 atom stereocenters.